The van der Waals surface area contributed by atoms with Crippen molar-refractivity contribution in [3.63, 3.8) is 0 Å². The Balaban J connectivity index is 1.40. The zero-order chi connectivity index (χ0) is 18.1. The Morgan fingerprint density at radius 3 is 3.00 bits per heavy atom. The van der Waals surface area contributed by atoms with Crippen molar-refractivity contribution in [2.45, 2.75) is 38.0 Å². The molecule has 4 nitrogen and oxygen atoms in total. The Morgan fingerprint density at radius 1 is 1.15 bits per heavy atom. The molecule has 0 aromatic carbocycles. The normalized spacial score (nSPS) is 21.1. The van der Waals surface area contributed by atoms with Crippen LogP contribution in [-0.2, 0) is 6.42 Å². The van der Waals surface area contributed by atoms with E-state index in [-0.39, 0.29) is 5.82 Å². The van der Waals surface area contributed by atoms with Crippen LogP contribution < -0.4 is 0 Å². The van der Waals surface area contributed by atoms with Gasteiger partial charge in [-0.2, -0.15) is 0 Å². The standard InChI is InChI=1S/C22H19FN4/c1-13-21(25-22-16-5-3-2-4-14(16)6-9-27(13)22)18-11-17(18)19-12-26-8-7-15(23)10-20(26)24-19/h3,5-10,12,17-18H,2,4,11H2,1H3. The summed E-state index contributed by atoms with van der Waals surface area (Å²) in [7, 11) is 0. The quantitative estimate of drug-likeness (QED) is 0.522. The predicted molar refractivity (Wildman–Crippen MR) is 103 cm³/mol. The van der Waals surface area contributed by atoms with Crippen LogP contribution in [0.3, 0.4) is 0 Å². The molecule has 1 fully saturated rings. The lowest BCUT2D eigenvalue weighted by molar-refractivity contribution is 0.626. The molecule has 4 heterocycles. The fourth-order valence-corrected chi connectivity index (χ4v) is 4.47. The first kappa shape index (κ1) is 15.1. The lowest BCUT2D eigenvalue weighted by Gasteiger charge is -2.11. The Morgan fingerprint density at radius 2 is 2.07 bits per heavy atom. The van der Waals surface area contributed by atoms with E-state index in [1.54, 1.807) is 6.20 Å². The van der Waals surface area contributed by atoms with Gasteiger partial charge in [-0.3, -0.25) is 0 Å². The molecule has 0 radical (unpaired) electrons. The van der Waals surface area contributed by atoms with Crippen molar-refractivity contribution in [2.24, 2.45) is 0 Å². The monoisotopic (exact) mass is 358 g/mol. The molecule has 0 saturated heterocycles. The van der Waals surface area contributed by atoms with Crippen LogP contribution in [0.4, 0.5) is 4.39 Å². The highest BCUT2D eigenvalue weighted by atomic mass is 19.1. The molecule has 0 aliphatic heterocycles. The number of imidazole rings is 2. The number of fused-ring (bicyclic) bond motifs is 4. The van der Waals surface area contributed by atoms with E-state index in [9.17, 15) is 4.39 Å². The third-order valence-corrected chi connectivity index (χ3v) is 6.03. The van der Waals surface area contributed by atoms with Gasteiger partial charge in [0.05, 0.1) is 11.4 Å². The van der Waals surface area contributed by atoms with Crippen molar-refractivity contribution >= 4 is 17.4 Å². The molecule has 2 aliphatic rings. The van der Waals surface area contributed by atoms with E-state index in [0.717, 1.165) is 30.6 Å². The summed E-state index contributed by atoms with van der Waals surface area (Å²) < 4.78 is 17.6. The summed E-state index contributed by atoms with van der Waals surface area (Å²) in [5.74, 6) is 0.506. The van der Waals surface area contributed by atoms with Gasteiger partial charge in [0.2, 0.25) is 0 Å². The zero-order valence-electron chi connectivity index (χ0n) is 15.1. The lowest BCUT2D eigenvalue weighted by Crippen LogP contribution is -1.98. The highest BCUT2D eigenvalue weighted by Crippen LogP contribution is 2.54. The van der Waals surface area contributed by atoms with E-state index in [1.165, 1.54) is 34.6 Å². The molecule has 27 heavy (non-hydrogen) atoms. The van der Waals surface area contributed by atoms with E-state index >= 15 is 0 Å². The number of pyridine rings is 2. The number of hydrogen-bond acceptors (Lipinski definition) is 2. The molecule has 2 unspecified atom stereocenters. The maximum absolute atomic E-state index is 13.4. The first-order chi connectivity index (χ1) is 13.2. The SMILES string of the molecule is Cc1c(C2CC2c2cn3ccc(F)cc3n2)nc2c3c(ccn12)CCC=C3. The van der Waals surface area contributed by atoms with Crippen LogP contribution in [0, 0.1) is 12.7 Å². The Hall–Kier alpha value is -2.95. The van der Waals surface area contributed by atoms with Gasteiger partial charge in [-0.1, -0.05) is 12.2 Å². The number of aromatic nitrogens is 4. The molecule has 5 heteroatoms. The average molecular weight is 358 g/mol. The van der Waals surface area contributed by atoms with E-state index < -0.39 is 0 Å². The van der Waals surface area contributed by atoms with Gasteiger partial charge >= 0.3 is 0 Å². The summed E-state index contributed by atoms with van der Waals surface area (Å²) in [6.07, 6.45) is 13.6. The van der Waals surface area contributed by atoms with Crippen molar-refractivity contribution in [3.05, 3.63) is 76.9 Å². The molecule has 0 spiro atoms. The number of rotatable bonds is 2. The molecule has 6 rings (SSSR count). The molecule has 2 aliphatic carbocycles. The van der Waals surface area contributed by atoms with Gasteiger partial charge in [0.25, 0.3) is 0 Å². The third-order valence-electron chi connectivity index (χ3n) is 6.03. The fourth-order valence-electron chi connectivity index (χ4n) is 4.47. The van der Waals surface area contributed by atoms with Crippen LogP contribution in [0.2, 0.25) is 0 Å². The maximum atomic E-state index is 13.4. The second kappa shape index (κ2) is 5.28. The molecular weight excluding hydrogens is 339 g/mol. The topological polar surface area (TPSA) is 34.6 Å². The zero-order valence-corrected chi connectivity index (χ0v) is 15.1. The minimum absolute atomic E-state index is 0.249. The summed E-state index contributed by atoms with van der Waals surface area (Å²) in [6.45, 7) is 2.16. The third kappa shape index (κ3) is 2.21. The van der Waals surface area contributed by atoms with E-state index in [1.807, 2.05) is 10.6 Å². The van der Waals surface area contributed by atoms with Gasteiger partial charge in [0.1, 0.15) is 17.1 Å². The molecule has 0 amide bonds. The first-order valence-corrected chi connectivity index (χ1v) is 9.50. The largest absolute Gasteiger partial charge is 0.307 e. The van der Waals surface area contributed by atoms with Gasteiger partial charge in [0.15, 0.2) is 0 Å². The molecule has 134 valence electrons. The van der Waals surface area contributed by atoms with Crippen molar-refractivity contribution < 1.29 is 4.39 Å². The van der Waals surface area contributed by atoms with E-state index in [2.05, 4.69) is 40.7 Å². The summed E-state index contributed by atoms with van der Waals surface area (Å²) in [6, 6.07) is 5.17. The molecule has 4 aromatic rings. The molecule has 0 N–H and O–H groups in total. The Kier molecular flexibility index (Phi) is 2.96. The van der Waals surface area contributed by atoms with Gasteiger partial charge in [-0.05, 0) is 43.9 Å². The maximum Gasteiger partial charge on any atom is 0.144 e. The summed E-state index contributed by atoms with van der Waals surface area (Å²) in [4.78, 5) is 9.69. The average Bonchev–Trinajstić information content (AvgIpc) is 3.24. The molecule has 4 aromatic heterocycles. The number of allylic oxidation sites excluding steroid dienone is 1. The van der Waals surface area contributed by atoms with Crippen LogP contribution in [0.15, 0.2) is 42.9 Å². The number of halogens is 1. The second-order valence-corrected chi connectivity index (χ2v) is 7.70. The van der Waals surface area contributed by atoms with Crippen LogP contribution in [0.1, 0.15) is 52.9 Å². The molecule has 2 atom stereocenters. The Labute approximate surface area is 156 Å². The number of hydrogen-bond donors (Lipinski definition) is 0. The minimum atomic E-state index is -0.249. The van der Waals surface area contributed by atoms with E-state index in [4.69, 9.17) is 4.98 Å². The molecule has 1 saturated carbocycles. The van der Waals surface area contributed by atoms with Crippen LogP contribution in [0.25, 0.3) is 17.4 Å². The molecular formula is C22H19FN4. The van der Waals surface area contributed by atoms with Crippen molar-refractivity contribution in [1.29, 1.82) is 0 Å². The van der Waals surface area contributed by atoms with Gasteiger partial charge in [-0.25, -0.2) is 14.4 Å². The summed E-state index contributed by atoms with van der Waals surface area (Å²) in [5.41, 5.74) is 7.81. The predicted octanol–water partition coefficient (Wildman–Crippen LogP) is 4.66. The summed E-state index contributed by atoms with van der Waals surface area (Å²) in [5, 5.41) is 0. The van der Waals surface area contributed by atoms with Crippen molar-refractivity contribution in [2.75, 3.05) is 0 Å². The minimum Gasteiger partial charge on any atom is -0.307 e. The van der Waals surface area contributed by atoms with Crippen LogP contribution in [0.5, 0.6) is 0 Å². The van der Waals surface area contributed by atoms with Gasteiger partial charge < -0.3 is 8.80 Å². The molecule has 0 bridgehead atoms. The van der Waals surface area contributed by atoms with Crippen LogP contribution in [-0.4, -0.2) is 18.8 Å². The number of nitrogens with zero attached hydrogens (tertiary/aromatic N) is 4. The lowest BCUT2D eigenvalue weighted by atomic mass is 9.99. The first-order valence-electron chi connectivity index (χ1n) is 9.50. The van der Waals surface area contributed by atoms with Crippen molar-refractivity contribution in [3.8, 4) is 0 Å². The Bertz CT molecular complexity index is 1250. The second-order valence-electron chi connectivity index (χ2n) is 7.70. The highest BCUT2D eigenvalue weighted by Gasteiger charge is 2.44. The van der Waals surface area contributed by atoms with Gasteiger partial charge in [-0.15, -0.1) is 0 Å². The highest BCUT2D eigenvalue weighted by molar-refractivity contribution is 5.71. The van der Waals surface area contributed by atoms with Crippen LogP contribution >= 0.6 is 0 Å². The van der Waals surface area contributed by atoms with E-state index in [0.29, 0.717) is 17.5 Å². The fraction of sp³-hybridized carbons (Fsp3) is 0.273. The smallest absolute Gasteiger partial charge is 0.144 e. The summed E-state index contributed by atoms with van der Waals surface area (Å²) >= 11 is 0. The number of aryl methyl sites for hydroxylation is 2. The van der Waals surface area contributed by atoms with Gasteiger partial charge in [0, 0.05) is 47.8 Å². The van der Waals surface area contributed by atoms with Crippen molar-refractivity contribution in [1.82, 2.24) is 18.8 Å².